The number of aldehydes is 1. The largest absolute Gasteiger partial charge is 0.471 e. The van der Waals surface area contributed by atoms with E-state index < -0.39 is 48.3 Å². The highest BCUT2D eigenvalue weighted by atomic mass is 32.2. The van der Waals surface area contributed by atoms with Gasteiger partial charge < -0.3 is 20.2 Å². The zero-order valence-corrected chi connectivity index (χ0v) is 17.0. The lowest BCUT2D eigenvalue weighted by atomic mass is 10.1. The van der Waals surface area contributed by atoms with Crippen molar-refractivity contribution in [2.75, 3.05) is 0 Å². The average molecular weight is 427 g/mol. The van der Waals surface area contributed by atoms with Gasteiger partial charge in [-0.05, 0) is 33.8 Å². The highest BCUT2D eigenvalue weighted by Crippen LogP contribution is 2.30. The van der Waals surface area contributed by atoms with Crippen LogP contribution in [-0.2, 0) is 24.2 Å². The van der Waals surface area contributed by atoms with Crippen molar-refractivity contribution in [3.05, 3.63) is 34.4 Å². The van der Waals surface area contributed by atoms with E-state index in [2.05, 4.69) is 10.6 Å². The molecule has 0 radical (unpaired) electrons. The molecule has 2 atom stereocenters. The number of hydrogen-bond acceptors (Lipinski definition) is 8. The quantitative estimate of drug-likeness (QED) is 0.255. The topological polar surface area (TPSA) is 162 Å². The molecule has 12 heteroatoms. The maximum atomic E-state index is 12.6. The first-order valence-electron chi connectivity index (χ1n) is 8.48. The molecule has 2 amide bonds. The average Bonchev–Trinajstić information content (AvgIpc) is 2.63. The Balaban J connectivity index is 2.21. The van der Waals surface area contributed by atoms with E-state index in [1.54, 1.807) is 0 Å². The number of carbonyl (C=O) groups is 3. The van der Waals surface area contributed by atoms with Crippen LogP contribution in [0.4, 0.5) is 5.69 Å². The third-order valence-corrected chi connectivity index (χ3v) is 7.10. The zero-order valence-electron chi connectivity index (χ0n) is 16.2. The molecule has 1 aromatic carbocycles. The van der Waals surface area contributed by atoms with E-state index in [4.69, 9.17) is 4.74 Å². The summed E-state index contributed by atoms with van der Waals surface area (Å²) >= 11 is 0. The first kappa shape index (κ1) is 22.3. The van der Waals surface area contributed by atoms with Crippen LogP contribution in [0.5, 0.6) is 5.75 Å². The first-order valence-corrected chi connectivity index (χ1v) is 10.0. The number of nitro groups is 1. The summed E-state index contributed by atoms with van der Waals surface area (Å²) in [6.45, 7) is 4.99. The summed E-state index contributed by atoms with van der Waals surface area (Å²) in [5.41, 5.74) is -2.03. The smallest absolute Gasteiger partial charge is 0.310 e. The van der Waals surface area contributed by atoms with Gasteiger partial charge in [0.25, 0.3) is 5.91 Å². The Morgan fingerprint density at radius 3 is 2.38 bits per heavy atom. The highest BCUT2D eigenvalue weighted by Gasteiger charge is 2.54. The molecule has 1 saturated heterocycles. The molecular formula is C17H21N3O8S. The van der Waals surface area contributed by atoms with Crippen molar-refractivity contribution in [3.8, 4) is 5.75 Å². The second-order valence-corrected chi connectivity index (χ2v) is 10.1. The molecule has 1 heterocycles. The van der Waals surface area contributed by atoms with Crippen LogP contribution in [0, 0.1) is 10.1 Å². The lowest BCUT2D eigenvalue weighted by Gasteiger charge is -2.40. The Bertz CT molecular complexity index is 971. The minimum absolute atomic E-state index is 0.165. The third kappa shape index (κ3) is 4.06. The van der Waals surface area contributed by atoms with Gasteiger partial charge in [-0.3, -0.25) is 19.7 Å². The lowest BCUT2D eigenvalue weighted by molar-refractivity contribution is -0.386. The maximum absolute atomic E-state index is 12.6. The molecule has 0 saturated carbocycles. The Labute approximate surface area is 166 Å². The van der Waals surface area contributed by atoms with Gasteiger partial charge in [0.1, 0.15) is 17.1 Å². The third-order valence-electron chi connectivity index (χ3n) is 4.48. The summed E-state index contributed by atoms with van der Waals surface area (Å²) in [6, 6.07) is 4.00. The van der Waals surface area contributed by atoms with E-state index in [-0.39, 0.29) is 17.7 Å². The van der Waals surface area contributed by atoms with Gasteiger partial charge in [-0.15, -0.1) is 0 Å². The molecule has 1 aliphatic rings. The minimum atomic E-state index is -4.15. The van der Waals surface area contributed by atoms with Gasteiger partial charge in [-0.1, -0.05) is 12.1 Å². The van der Waals surface area contributed by atoms with E-state index in [1.807, 2.05) is 0 Å². The first-order chi connectivity index (χ1) is 13.2. The van der Waals surface area contributed by atoms with Crippen molar-refractivity contribution < 1.29 is 32.5 Å². The van der Waals surface area contributed by atoms with Gasteiger partial charge in [0.2, 0.25) is 5.91 Å². The van der Waals surface area contributed by atoms with E-state index in [9.17, 15) is 32.9 Å². The molecule has 0 spiro atoms. The highest BCUT2D eigenvalue weighted by molar-refractivity contribution is 7.94. The maximum Gasteiger partial charge on any atom is 0.310 e. The predicted molar refractivity (Wildman–Crippen MR) is 101 cm³/mol. The van der Waals surface area contributed by atoms with Crippen LogP contribution in [0.1, 0.15) is 27.7 Å². The fourth-order valence-corrected chi connectivity index (χ4v) is 4.09. The Kier molecular flexibility index (Phi) is 5.70. The van der Waals surface area contributed by atoms with Crippen molar-refractivity contribution in [2.45, 2.75) is 49.5 Å². The number of amides is 2. The molecule has 0 bridgehead atoms. The second kappa shape index (κ2) is 7.43. The number of sulfone groups is 1. The van der Waals surface area contributed by atoms with Gasteiger partial charge in [0.05, 0.1) is 4.92 Å². The van der Waals surface area contributed by atoms with Gasteiger partial charge in [-0.25, -0.2) is 8.42 Å². The van der Waals surface area contributed by atoms with Crippen LogP contribution in [0.25, 0.3) is 0 Å². The summed E-state index contributed by atoms with van der Waals surface area (Å²) in [5, 5.41) is 14.1. The van der Waals surface area contributed by atoms with Crippen molar-refractivity contribution >= 4 is 33.6 Å². The Morgan fingerprint density at radius 1 is 1.28 bits per heavy atom. The normalized spacial score (nSPS) is 19.5. The molecule has 0 aliphatic carbocycles. The standard InChI is InChI=1S/C17H21N3O8S/c1-16(2,9-21)29(26,27)14-12(13(22)19-14)18-15(23)17(3,4)28-11-8-6-5-7-10(11)20(24)25/h5-9,12,14H,1-4H3,(H,18,23)(H,19,22). The molecule has 2 rings (SSSR count). The molecule has 2 N–H and O–H groups in total. The monoisotopic (exact) mass is 427 g/mol. The second-order valence-electron chi connectivity index (χ2n) is 7.48. The van der Waals surface area contributed by atoms with Crippen molar-refractivity contribution in [1.82, 2.24) is 10.6 Å². The summed E-state index contributed by atoms with van der Waals surface area (Å²) < 4.78 is 28.8. The minimum Gasteiger partial charge on any atom is -0.471 e. The molecule has 1 aliphatic heterocycles. The predicted octanol–water partition coefficient (Wildman–Crippen LogP) is 0.0852. The molecule has 158 valence electrons. The lowest BCUT2D eigenvalue weighted by Crippen LogP contribution is -2.74. The number of hydrogen-bond donors (Lipinski definition) is 2. The van der Waals surface area contributed by atoms with Crippen LogP contribution in [0.3, 0.4) is 0 Å². The van der Waals surface area contributed by atoms with Crippen molar-refractivity contribution in [1.29, 1.82) is 0 Å². The molecule has 11 nitrogen and oxygen atoms in total. The number of benzene rings is 1. The van der Waals surface area contributed by atoms with E-state index in [0.717, 1.165) is 0 Å². The molecular weight excluding hydrogens is 406 g/mol. The number of nitro benzene ring substituents is 1. The summed E-state index contributed by atoms with van der Waals surface area (Å²) in [4.78, 5) is 46.1. The fraction of sp³-hybridized carbons (Fsp3) is 0.471. The molecule has 1 aromatic rings. The Morgan fingerprint density at radius 2 is 1.86 bits per heavy atom. The van der Waals surface area contributed by atoms with Crippen molar-refractivity contribution in [3.63, 3.8) is 0 Å². The van der Waals surface area contributed by atoms with Gasteiger partial charge in [-0.2, -0.15) is 0 Å². The van der Waals surface area contributed by atoms with Crippen LogP contribution in [0.15, 0.2) is 24.3 Å². The van der Waals surface area contributed by atoms with E-state index in [1.165, 1.54) is 52.0 Å². The van der Waals surface area contributed by atoms with E-state index in [0.29, 0.717) is 0 Å². The number of nitrogens with zero attached hydrogens (tertiary/aromatic N) is 1. The number of ether oxygens (including phenoxy) is 1. The number of nitrogens with one attached hydrogen (secondary N) is 2. The number of para-hydroxylation sites is 2. The van der Waals surface area contributed by atoms with Gasteiger partial charge in [0.15, 0.2) is 26.6 Å². The molecule has 29 heavy (non-hydrogen) atoms. The summed E-state index contributed by atoms with van der Waals surface area (Å²) in [6.07, 6.45) is 0.243. The van der Waals surface area contributed by atoms with Crippen LogP contribution in [0.2, 0.25) is 0 Å². The summed E-state index contributed by atoms with van der Waals surface area (Å²) in [5.74, 6) is -1.77. The van der Waals surface area contributed by atoms with Crippen LogP contribution < -0.4 is 15.4 Å². The zero-order chi connectivity index (χ0) is 22.2. The molecule has 0 aromatic heterocycles. The number of rotatable bonds is 8. The van der Waals surface area contributed by atoms with Crippen molar-refractivity contribution in [2.24, 2.45) is 0 Å². The number of β-lactam (4-membered cyclic amide) rings is 1. The molecule has 2 unspecified atom stereocenters. The van der Waals surface area contributed by atoms with Gasteiger partial charge in [0, 0.05) is 6.07 Å². The SMILES string of the molecule is CC(C)(Oc1ccccc1[N+](=O)[O-])C(=O)NC1C(=O)NC1S(=O)(=O)C(C)(C)C=O. The fourth-order valence-electron chi connectivity index (χ4n) is 2.48. The summed E-state index contributed by atoms with van der Waals surface area (Å²) in [7, 11) is -4.15. The number of carbonyl (C=O) groups excluding carboxylic acids is 3. The van der Waals surface area contributed by atoms with Crippen LogP contribution >= 0.6 is 0 Å². The molecule has 1 fully saturated rings. The van der Waals surface area contributed by atoms with Crippen LogP contribution in [-0.4, -0.2) is 53.2 Å². The Hall–Kier alpha value is -3.02. The van der Waals surface area contributed by atoms with E-state index >= 15 is 0 Å². The van der Waals surface area contributed by atoms with Gasteiger partial charge >= 0.3 is 5.69 Å².